The maximum Gasteiger partial charge on any atom is 0.252 e. The summed E-state index contributed by atoms with van der Waals surface area (Å²) >= 11 is 6.46. The lowest BCUT2D eigenvalue weighted by molar-refractivity contribution is 0.0543. The number of hydrogen-bond donors (Lipinski definition) is 2. The molecule has 2 aromatic rings. The summed E-state index contributed by atoms with van der Waals surface area (Å²) in [5.74, 6) is 0.713. The molecule has 0 aliphatic carbocycles. The maximum atomic E-state index is 13.4. The molecule has 0 radical (unpaired) electrons. The third kappa shape index (κ3) is 3.77. The van der Waals surface area contributed by atoms with E-state index >= 15 is 0 Å². The fourth-order valence-corrected chi connectivity index (χ4v) is 5.95. The Balaban J connectivity index is 1.45. The molecule has 2 saturated heterocycles. The third-order valence-corrected chi connectivity index (χ3v) is 7.46. The lowest BCUT2D eigenvalue weighted by Crippen LogP contribution is -2.55. The minimum atomic E-state index is -0.0521. The predicted octanol–water partition coefficient (Wildman–Crippen LogP) is 4.50. The monoisotopic (exact) mass is 423 g/mol. The molecule has 3 aliphatic heterocycles. The van der Waals surface area contributed by atoms with E-state index in [2.05, 4.69) is 33.7 Å². The van der Waals surface area contributed by atoms with E-state index in [0.29, 0.717) is 17.1 Å². The minimum Gasteiger partial charge on any atom is -0.346 e. The van der Waals surface area contributed by atoms with Gasteiger partial charge in [0.2, 0.25) is 0 Å². The van der Waals surface area contributed by atoms with Crippen molar-refractivity contribution < 1.29 is 4.79 Å². The van der Waals surface area contributed by atoms with Gasteiger partial charge in [0.05, 0.1) is 6.04 Å². The number of carbonyl (C=O) groups excluding carboxylic acids is 1. The fraction of sp³-hybridized carbons (Fsp3) is 0.480. The summed E-state index contributed by atoms with van der Waals surface area (Å²) < 4.78 is 0. The largest absolute Gasteiger partial charge is 0.346 e. The first-order chi connectivity index (χ1) is 14.6. The van der Waals surface area contributed by atoms with Crippen molar-refractivity contribution >= 4 is 17.5 Å². The van der Waals surface area contributed by atoms with Crippen molar-refractivity contribution in [1.29, 1.82) is 0 Å². The van der Waals surface area contributed by atoms with Gasteiger partial charge in [-0.05, 0) is 73.9 Å². The van der Waals surface area contributed by atoms with E-state index in [-0.39, 0.29) is 11.9 Å². The van der Waals surface area contributed by atoms with Crippen LogP contribution in [0.25, 0.3) is 0 Å². The maximum absolute atomic E-state index is 13.4. The molecule has 3 aliphatic rings. The molecule has 0 aromatic heterocycles. The number of rotatable bonds is 3. The first-order valence-corrected chi connectivity index (χ1v) is 11.6. The zero-order valence-electron chi connectivity index (χ0n) is 17.5. The number of benzene rings is 2. The summed E-state index contributed by atoms with van der Waals surface area (Å²) in [5.41, 5.74) is 4.31. The molecule has 0 bridgehead atoms. The van der Waals surface area contributed by atoms with E-state index in [1.807, 2.05) is 31.2 Å². The van der Waals surface area contributed by atoms with Crippen molar-refractivity contribution in [1.82, 2.24) is 15.5 Å². The van der Waals surface area contributed by atoms with Gasteiger partial charge in [0, 0.05) is 35.8 Å². The number of carbonyl (C=O) groups is 1. The molecular weight excluding hydrogens is 394 g/mol. The normalized spacial score (nSPS) is 26.8. The van der Waals surface area contributed by atoms with Gasteiger partial charge in [0.1, 0.15) is 0 Å². The summed E-state index contributed by atoms with van der Waals surface area (Å²) in [7, 11) is 0. The number of halogens is 1. The predicted molar refractivity (Wildman–Crippen MR) is 121 cm³/mol. The summed E-state index contributed by atoms with van der Waals surface area (Å²) in [5, 5.41) is 7.61. The van der Waals surface area contributed by atoms with E-state index in [9.17, 15) is 4.79 Å². The van der Waals surface area contributed by atoms with Crippen LogP contribution in [0.2, 0.25) is 5.02 Å². The molecule has 5 heteroatoms. The molecule has 2 fully saturated rings. The Bertz CT molecular complexity index is 931. The van der Waals surface area contributed by atoms with Gasteiger partial charge in [0.15, 0.2) is 0 Å². The second kappa shape index (κ2) is 8.33. The highest BCUT2D eigenvalue weighted by Crippen LogP contribution is 2.42. The molecule has 2 aromatic carbocycles. The van der Waals surface area contributed by atoms with Crippen LogP contribution >= 0.6 is 11.6 Å². The lowest BCUT2D eigenvalue weighted by atomic mass is 9.76. The summed E-state index contributed by atoms with van der Waals surface area (Å²) in [4.78, 5) is 16.0. The molecule has 158 valence electrons. The second-order valence-corrected chi connectivity index (χ2v) is 9.53. The number of piperidine rings is 2. The standard InChI is InChI=1S/C25H30ClN3O/c1-16(17-6-3-2-4-7-17)28-25(30)21-13-20(26)12-18-9-11-29-15-19-8-5-10-27-22(19)14-23(29)24(18)21/h2-4,6-7,12-13,16,19,22-23,27H,5,8-11,14-15H2,1H3,(H,28,30)/t16-,19-,22+,23-/m1/s1. The Morgan fingerprint density at radius 3 is 2.93 bits per heavy atom. The van der Waals surface area contributed by atoms with Crippen LogP contribution in [-0.4, -0.2) is 36.5 Å². The SMILES string of the molecule is C[C@@H](NC(=O)c1cc(Cl)cc2c1[C@H]1C[C@@H]3NCCC[C@@H]3CN1CC2)c1ccccc1. The molecular formula is C25H30ClN3O. The van der Waals surface area contributed by atoms with Crippen LogP contribution in [0.4, 0.5) is 0 Å². The van der Waals surface area contributed by atoms with Gasteiger partial charge < -0.3 is 10.6 Å². The van der Waals surface area contributed by atoms with Gasteiger partial charge >= 0.3 is 0 Å². The van der Waals surface area contributed by atoms with Crippen LogP contribution in [0.1, 0.15) is 65.3 Å². The van der Waals surface area contributed by atoms with Crippen molar-refractivity contribution in [3.8, 4) is 0 Å². The van der Waals surface area contributed by atoms with Gasteiger partial charge in [-0.25, -0.2) is 0 Å². The highest BCUT2D eigenvalue weighted by Gasteiger charge is 2.41. The topological polar surface area (TPSA) is 44.4 Å². The molecule has 30 heavy (non-hydrogen) atoms. The highest BCUT2D eigenvalue weighted by molar-refractivity contribution is 6.31. The first-order valence-electron chi connectivity index (χ1n) is 11.3. The van der Waals surface area contributed by atoms with Crippen molar-refractivity contribution in [2.45, 2.75) is 50.7 Å². The fourth-order valence-electron chi connectivity index (χ4n) is 5.71. The second-order valence-electron chi connectivity index (χ2n) is 9.09. The first kappa shape index (κ1) is 20.0. The molecule has 0 unspecified atom stereocenters. The molecule has 0 saturated carbocycles. The van der Waals surface area contributed by atoms with Crippen LogP contribution in [0.3, 0.4) is 0 Å². The Kier molecular flexibility index (Phi) is 5.57. The number of nitrogens with one attached hydrogen (secondary N) is 2. The quantitative estimate of drug-likeness (QED) is 0.763. The minimum absolute atomic E-state index is 0.0225. The number of hydrogen-bond acceptors (Lipinski definition) is 3. The molecule has 1 amide bonds. The molecule has 2 N–H and O–H groups in total. The van der Waals surface area contributed by atoms with Crippen molar-refractivity contribution in [3.05, 3.63) is 69.7 Å². The molecule has 5 rings (SSSR count). The number of amides is 1. The number of fused-ring (bicyclic) bond motifs is 4. The van der Waals surface area contributed by atoms with Gasteiger partial charge in [-0.1, -0.05) is 41.9 Å². The smallest absolute Gasteiger partial charge is 0.252 e. The van der Waals surface area contributed by atoms with Crippen LogP contribution in [0, 0.1) is 5.92 Å². The Hall–Kier alpha value is -1.88. The number of nitrogens with zero attached hydrogens (tertiary/aromatic N) is 1. The zero-order chi connectivity index (χ0) is 20.7. The van der Waals surface area contributed by atoms with E-state index in [4.69, 9.17) is 11.6 Å². The van der Waals surface area contributed by atoms with Gasteiger partial charge in [-0.2, -0.15) is 0 Å². The molecule has 3 heterocycles. The molecule has 4 nitrogen and oxygen atoms in total. The van der Waals surface area contributed by atoms with E-state index < -0.39 is 0 Å². The Morgan fingerprint density at radius 2 is 2.10 bits per heavy atom. The summed E-state index contributed by atoms with van der Waals surface area (Å²) in [6, 6.07) is 14.9. The van der Waals surface area contributed by atoms with Crippen LogP contribution in [0.5, 0.6) is 0 Å². The van der Waals surface area contributed by atoms with Gasteiger partial charge in [-0.3, -0.25) is 9.69 Å². The Labute approximate surface area is 184 Å². The zero-order valence-corrected chi connectivity index (χ0v) is 18.3. The third-order valence-electron chi connectivity index (χ3n) is 7.24. The average Bonchev–Trinajstić information content (AvgIpc) is 2.77. The highest BCUT2D eigenvalue weighted by atomic mass is 35.5. The average molecular weight is 424 g/mol. The van der Waals surface area contributed by atoms with E-state index in [1.54, 1.807) is 0 Å². The Morgan fingerprint density at radius 1 is 1.27 bits per heavy atom. The molecule has 0 spiro atoms. The molecule has 4 atom stereocenters. The lowest BCUT2D eigenvalue weighted by Gasteiger charge is -2.49. The van der Waals surface area contributed by atoms with E-state index in [0.717, 1.165) is 49.5 Å². The van der Waals surface area contributed by atoms with Gasteiger partial charge in [-0.15, -0.1) is 0 Å². The summed E-state index contributed by atoms with van der Waals surface area (Å²) in [6.07, 6.45) is 4.63. The van der Waals surface area contributed by atoms with Crippen LogP contribution in [0.15, 0.2) is 42.5 Å². The van der Waals surface area contributed by atoms with E-state index in [1.165, 1.54) is 24.0 Å². The van der Waals surface area contributed by atoms with Crippen molar-refractivity contribution in [2.24, 2.45) is 5.92 Å². The van der Waals surface area contributed by atoms with Gasteiger partial charge in [0.25, 0.3) is 5.91 Å². The van der Waals surface area contributed by atoms with Crippen LogP contribution in [-0.2, 0) is 6.42 Å². The summed E-state index contributed by atoms with van der Waals surface area (Å²) in [6.45, 7) is 5.34. The van der Waals surface area contributed by atoms with Crippen LogP contribution < -0.4 is 10.6 Å². The van der Waals surface area contributed by atoms with Crippen molar-refractivity contribution in [2.75, 3.05) is 19.6 Å². The van der Waals surface area contributed by atoms with Crippen molar-refractivity contribution in [3.63, 3.8) is 0 Å².